The topological polar surface area (TPSA) is 69.6 Å². The standard InChI is InChI=1S/C15H19IN2O3/c16-12-2-1-3-13(10-12)17-15(21)18-8-6-11(7-9-18)4-5-14(19)20/h1-3,10-11H,4-9H2,(H,17,21)(H,19,20). The number of hydrogen-bond acceptors (Lipinski definition) is 2. The first-order chi connectivity index (χ1) is 10.0. The van der Waals surface area contributed by atoms with Crippen molar-refractivity contribution >= 4 is 40.3 Å². The van der Waals surface area contributed by atoms with Crippen molar-refractivity contribution in [1.82, 2.24) is 4.90 Å². The molecule has 2 amide bonds. The molecule has 5 nitrogen and oxygen atoms in total. The lowest BCUT2D eigenvalue weighted by molar-refractivity contribution is -0.137. The molecule has 2 rings (SSSR count). The van der Waals surface area contributed by atoms with E-state index in [9.17, 15) is 9.59 Å². The fraction of sp³-hybridized carbons (Fsp3) is 0.467. The van der Waals surface area contributed by atoms with Crippen molar-refractivity contribution < 1.29 is 14.7 Å². The Kier molecular flexibility index (Phi) is 5.84. The second-order valence-corrected chi connectivity index (χ2v) is 6.55. The van der Waals surface area contributed by atoms with Crippen molar-refractivity contribution in [2.24, 2.45) is 5.92 Å². The number of nitrogens with one attached hydrogen (secondary N) is 1. The van der Waals surface area contributed by atoms with Crippen molar-refractivity contribution in [1.29, 1.82) is 0 Å². The number of piperidine rings is 1. The molecule has 0 bridgehead atoms. The van der Waals surface area contributed by atoms with Crippen molar-refractivity contribution in [3.8, 4) is 0 Å². The molecule has 0 atom stereocenters. The zero-order valence-electron chi connectivity index (χ0n) is 11.7. The van der Waals surface area contributed by atoms with Crippen LogP contribution in [0.2, 0.25) is 0 Å². The summed E-state index contributed by atoms with van der Waals surface area (Å²) in [6.07, 6.45) is 2.70. The highest BCUT2D eigenvalue weighted by Crippen LogP contribution is 2.22. The van der Waals surface area contributed by atoms with E-state index in [-0.39, 0.29) is 12.5 Å². The number of carboxylic acid groups (broad SMARTS) is 1. The number of anilines is 1. The van der Waals surface area contributed by atoms with Crippen LogP contribution in [0.4, 0.5) is 10.5 Å². The molecule has 1 aliphatic rings. The number of aliphatic carboxylic acids is 1. The number of benzene rings is 1. The highest BCUT2D eigenvalue weighted by atomic mass is 127. The zero-order chi connectivity index (χ0) is 15.2. The van der Waals surface area contributed by atoms with Crippen molar-refractivity contribution in [2.75, 3.05) is 18.4 Å². The number of hydrogen-bond donors (Lipinski definition) is 2. The molecule has 1 saturated heterocycles. The van der Waals surface area contributed by atoms with Crippen LogP contribution in [-0.4, -0.2) is 35.1 Å². The monoisotopic (exact) mass is 402 g/mol. The largest absolute Gasteiger partial charge is 0.481 e. The molecule has 6 heteroatoms. The minimum absolute atomic E-state index is 0.0753. The molecule has 114 valence electrons. The Morgan fingerprint density at radius 2 is 2.05 bits per heavy atom. The number of likely N-dealkylation sites (tertiary alicyclic amines) is 1. The normalized spacial score (nSPS) is 15.8. The third-order valence-electron chi connectivity index (χ3n) is 3.74. The Labute approximate surface area is 137 Å². The molecule has 1 fully saturated rings. The second kappa shape index (κ2) is 7.63. The quantitative estimate of drug-likeness (QED) is 0.759. The minimum atomic E-state index is -0.742. The average molecular weight is 402 g/mol. The Morgan fingerprint density at radius 3 is 2.67 bits per heavy atom. The molecular weight excluding hydrogens is 383 g/mol. The smallest absolute Gasteiger partial charge is 0.321 e. The van der Waals surface area contributed by atoms with Gasteiger partial charge in [0.2, 0.25) is 0 Å². The maximum Gasteiger partial charge on any atom is 0.321 e. The molecule has 21 heavy (non-hydrogen) atoms. The van der Waals surface area contributed by atoms with Gasteiger partial charge in [-0.2, -0.15) is 0 Å². The molecule has 0 radical (unpaired) electrons. The second-order valence-electron chi connectivity index (χ2n) is 5.30. The summed E-state index contributed by atoms with van der Waals surface area (Å²) in [7, 11) is 0. The van der Waals surface area contributed by atoms with Gasteiger partial charge in [0, 0.05) is 28.8 Å². The van der Waals surface area contributed by atoms with Gasteiger partial charge in [-0.25, -0.2) is 4.79 Å². The van der Waals surface area contributed by atoms with Crippen LogP contribution >= 0.6 is 22.6 Å². The highest BCUT2D eigenvalue weighted by Gasteiger charge is 2.23. The summed E-state index contributed by atoms with van der Waals surface area (Å²) in [6, 6.07) is 7.62. The average Bonchev–Trinajstić information content (AvgIpc) is 2.45. The summed E-state index contributed by atoms with van der Waals surface area (Å²) in [5.74, 6) is -0.323. The lowest BCUT2D eigenvalue weighted by Gasteiger charge is -2.31. The van der Waals surface area contributed by atoms with Gasteiger partial charge in [-0.15, -0.1) is 0 Å². The van der Waals surface area contributed by atoms with E-state index < -0.39 is 5.97 Å². The van der Waals surface area contributed by atoms with Gasteiger partial charge in [-0.1, -0.05) is 6.07 Å². The maximum absolute atomic E-state index is 12.2. The van der Waals surface area contributed by atoms with Gasteiger partial charge in [0.1, 0.15) is 0 Å². The molecule has 1 heterocycles. The van der Waals surface area contributed by atoms with Crippen LogP contribution < -0.4 is 5.32 Å². The molecule has 0 aromatic heterocycles. The number of urea groups is 1. The van der Waals surface area contributed by atoms with Gasteiger partial charge in [0.25, 0.3) is 0 Å². The van der Waals surface area contributed by atoms with Gasteiger partial charge in [0.15, 0.2) is 0 Å². The lowest BCUT2D eigenvalue weighted by Crippen LogP contribution is -2.41. The van der Waals surface area contributed by atoms with Crippen LogP contribution in [0.5, 0.6) is 0 Å². The summed E-state index contributed by atoms with van der Waals surface area (Å²) in [5.41, 5.74) is 0.805. The molecule has 1 aliphatic heterocycles. The predicted molar refractivity (Wildman–Crippen MR) is 89.3 cm³/mol. The minimum Gasteiger partial charge on any atom is -0.481 e. The lowest BCUT2D eigenvalue weighted by atomic mass is 9.92. The van der Waals surface area contributed by atoms with E-state index in [0.29, 0.717) is 25.4 Å². The first kappa shape index (κ1) is 16.1. The van der Waals surface area contributed by atoms with Crippen LogP contribution in [0.3, 0.4) is 0 Å². The molecule has 0 unspecified atom stereocenters. The predicted octanol–water partition coefficient (Wildman–Crippen LogP) is 3.40. The molecule has 1 aromatic carbocycles. The van der Waals surface area contributed by atoms with Gasteiger partial charge in [-0.3, -0.25) is 4.79 Å². The van der Waals surface area contributed by atoms with Crippen LogP contribution in [0.1, 0.15) is 25.7 Å². The number of amides is 2. The van der Waals surface area contributed by atoms with E-state index >= 15 is 0 Å². The number of rotatable bonds is 4. The van der Waals surface area contributed by atoms with Crippen LogP contribution in [-0.2, 0) is 4.79 Å². The summed E-state index contributed by atoms with van der Waals surface area (Å²) < 4.78 is 1.08. The van der Waals surface area contributed by atoms with Gasteiger partial charge in [-0.05, 0) is 66.0 Å². The Hall–Kier alpha value is -1.31. The van der Waals surface area contributed by atoms with Crippen molar-refractivity contribution in [3.63, 3.8) is 0 Å². The van der Waals surface area contributed by atoms with E-state index in [4.69, 9.17) is 5.11 Å². The third-order valence-corrected chi connectivity index (χ3v) is 4.42. The van der Waals surface area contributed by atoms with E-state index in [1.807, 2.05) is 24.3 Å². The van der Waals surface area contributed by atoms with Crippen LogP contribution in [0.25, 0.3) is 0 Å². The van der Waals surface area contributed by atoms with Crippen molar-refractivity contribution in [3.05, 3.63) is 27.8 Å². The van der Waals surface area contributed by atoms with Gasteiger partial charge < -0.3 is 15.3 Å². The summed E-state index contributed by atoms with van der Waals surface area (Å²) >= 11 is 2.21. The Balaban J connectivity index is 1.79. The van der Waals surface area contributed by atoms with E-state index in [1.54, 1.807) is 4.90 Å². The molecule has 2 N–H and O–H groups in total. The molecule has 0 spiro atoms. The van der Waals surface area contributed by atoms with E-state index in [2.05, 4.69) is 27.9 Å². The molecule has 1 aromatic rings. The van der Waals surface area contributed by atoms with Gasteiger partial charge in [0.05, 0.1) is 0 Å². The number of carbonyl (C=O) groups is 2. The number of nitrogens with zero attached hydrogens (tertiary/aromatic N) is 1. The SMILES string of the molecule is O=C(O)CCC1CCN(C(=O)Nc2cccc(I)c2)CC1. The fourth-order valence-electron chi connectivity index (χ4n) is 2.52. The van der Waals surface area contributed by atoms with Crippen molar-refractivity contribution in [2.45, 2.75) is 25.7 Å². The van der Waals surface area contributed by atoms with Gasteiger partial charge >= 0.3 is 12.0 Å². The maximum atomic E-state index is 12.2. The third kappa shape index (κ3) is 5.18. The van der Waals surface area contributed by atoms with E-state index in [1.165, 1.54) is 0 Å². The molecular formula is C15H19IN2O3. The first-order valence-electron chi connectivity index (χ1n) is 7.08. The number of halogens is 1. The Morgan fingerprint density at radius 1 is 1.33 bits per heavy atom. The highest BCUT2D eigenvalue weighted by molar-refractivity contribution is 14.1. The molecule has 0 saturated carbocycles. The summed E-state index contributed by atoms with van der Waals surface area (Å²) in [4.78, 5) is 24.5. The summed E-state index contributed by atoms with van der Waals surface area (Å²) in [6.45, 7) is 1.39. The van der Waals surface area contributed by atoms with E-state index in [0.717, 1.165) is 22.1 Å². The zero-order valence-corrected chi connectivity index (χ0v) is 13.9. The number of carbonyl (C=O) groups excluding carboxylic acids is 1. The first-order valence-corrected chi connectivity index (χ1v) is 8.16. The fourth-order valence-corrected chi connectivity index (χ4v) is 3.06. The van der Waals surface area contributed by atoms with Crippen LogP contribution in [0.15, 0.2) is 24.3 Å². The van der Waals surface area contributed by atoms with Crippen LogP contribution in [0, 0.1) is 9.49 Å². The summed E-state index contributed by atoms with van der Waals surface area (Å²) in [5, 5.41) is 11.6. The molecule has 0 aliphatic carbocycles. The number of carboxylic acids is 1. The Bertz CT molecular complexity index is 513.